The van der Waals surface area contributed by atoms with Crippen LogP contribution in [0.1, 0.15) is 18.5 Å². The van der Waals surface area contributed by atoms with Gasteiger partial charge in [0, 0.05) is 23.9 Å². The Bertz CT molecular complexity index is 1050. The van der Waals surface area contributed by atoms with Crippen molar-refractivity contribution in [3.63, 3.8) is 0 Å². The highest BCUT2D eigenvalue weighted by molar-refractivity contribution is 6.07. The monoisotopic (exact) mass is 412 g/mol. The van der Waals surface area contributed by atoms with Crippen LogP contribution in [0.15, 0.2) is 53.7 Å². The van der Waals surface area contributed by atoms with Gasteiger partial charge in [-0.3, -0.25) is 14.9 Å². The highest BCUT2D eigenvalue weighted by Gasteiger charge is 2.32. The quantitative estimate of drug-likeness (QED) is 0.494. The molecular formula is C20H20N4O6. The molecule has 0 bridgehead atoms. The number of rotatable bonds is 6. The van der Waals surface area contributed by atoms with Crippen molar-refractivity contribution in [1.29, 1.82) is 0 Å². The molecule has 2 aromatic carbocycles. The second-order valence-corrected chi connectivity index (χ2v) is 6.44. The summed E-state index contributed by atoms with van der Waals surface area (Å²) in [6.45, 7) is 1.59. The average Bonchev–Trinajstić information content (AvgIpc) is 2.73. The molecule has 30 heavy (non-hydrogen) atoms. The molecule has 1 aliphatic heterocycles. The number of hydrogen-bond donors (Lipinski definition) is 3. The lowest BCUT2D eigenvalue weighted by Gasteiger charge is -2.28. The van der Waals surface area contributed by atoms with Gasteiger partial charge in [-0.2, -0.15) is 0 Å². The maximum absolute atomic E-state index is 13.1. The van der Waals surface area contributed by atoms with E-state index in [1.165, 1.54) is 32.4 Å². The van der Waals surface area contributed by atoms with E-state index in [0.717, 1.165) is 0 Å². The van der Waals surface area contributed by atoms with Gasteiger partial charge < -0.3 is 25.4 Å². The first kappa shape index (κ1) is 20.6. The number of methoxy groups -OCH3 is 2. The number of ether oxygens (including phenoxy) is 2. The molecule has 0 aromatic heterocycles. The molecule has 3 amide bonds. The third-order valence-electron chi connectivity index (χ3n) is 4.59. The zero-order chi connectivity index (χ0) is 21.8. The Kier molecular flexibility index (Phi) is 5.86. The van der Waals surface area contributed by atoms with Gasteiger partial charge in [0.2, 0.25) is 0 Å². The average molecular weight is 412 g/mol. The molecule has 0 unspecified atom stereocenters. The van der Waals surface area contributed by atoms with Crippen LogP contribution in [0, 0.1) is 10.1 Å². The molecule has 2 aromatic rings. The van der Waals surface area contributed by atoms with Crippen molar-refractivity contribution < 1.29 is 24.0 Å². The minimum Gasteiger partial charge on any atom is -0.497 e. The summed E-state index contributed by atoms with van der Waals surface area (Å²) in [7, 11) is 2.98. The maximum Gasteiger partial charge on any atom is 0.319 e. The Balaban J connectivity index is 1.98. The highest BCUT2D eigenvalue weighted by atomic mass is 16.6. The van der Waals surface area contributed by atoms with Crippen molar-refractivity contribution in [2.75, 3.05) is 19.5 Å². The Morgan fingerprint density at radius 2 is 1.93 bits per heavy atom. The van der Waals surface area contributed by atoms with Crippen molar-refractivity contribution in [2.24, 2.45) is 0 Å². The van der Waals surface area contributed by atoms with E-state index in [1.54, 1.807) is 31.2 Å². The van der Waals surface area contributed by atoms with Gasteiger partial charge in [0.25, 0.3) is 11.6 Å². The standard InChI is InChI=1S/C20H20N4O6/c1-11-17(19(25)22-15-8-7-14(29-2)10-16(15)30-3)18(23-20(26)21-11)12-5-4-6-13(9-12)24(27)28/h4-10,18H,1-3H3,(H,22,25)(H2,21,23,26)/t18-/m0/s1. The minimum atomic E-state index is -0.872. The van der Waals surface area contributed by atoms with E-state index in [2.05, 4.69) is 16.0 Å². The van der Waals surface area contributed by atoms with E-state index in [-0.39, 0.29) is 11.3 Å². The molecule has 3 rings (SSSR count). The second kappa shape index (κ2) is 8.52. The van der Waals surface area contributed by atoms with Crippen LogP contribution in [0.5, 0.6) is 11.5 Å². The number of nitro benzene ring substituents is 1. The SMILES string of the molecule is COc1ccc(NC(=O)C2=C(C)NC(=O)N[C@H]2c2cccc([N+](=O)[O-])c2)c(OC)c1. The molecule has 10 nitrogen and oxygen atoms in total. The van der Waals surface area contributed by atoms with Crippen LogP contribution in [-0.2, 0) is 4.79 Å². The topological polar surface area (TPSA) is 132 Å². The van der Waals surface area contributed by atoms with Crippen LogP contribution >= 0.6 is 0 Å². The van der Waals surface area contributed by atoms with E-state index >= 15 is 0 Å². The number of carbonyl (C=O) groups excluding carboxylic acids is 2. The Morgan fingerprint density at radius 1 is 1.17 bits per heavy atom. The number of allylic oxidation sites excluding steroid dienone is 1. The molecule has 0 saturated carbocycles. The maximum atomic E-state index is 13.1. The highest BCUT2D eigenvalue weighted by Crippen LogP contribution is 2.33. The fourth-order valence-corrected chi connectivity index (χ4v) is 3.15. The van der Waals surface area contributed by atoms with Gasteiger partial charge >= 0.3 is 6.03 Å². The summed E-state index contributed by atoms with van der Waals surface area (Å²) in [5.41, 5.74) is 1.21. The lowest BCUT2D eigenvalue weighted by molar-refractivity contribution is -0.384. The third kappa shape index (κ3) is 4.17. The van der Waals surface area contributed by atoms with Gasteiger partial charge in [-0.15, -0.1) is 0 Å². The number of amides is 3. The number of anilines is 1. The van der Waals surface area contributed by atoms with E-state index < -0.39 is 22.9 Å². The molecule has 1 atom stereocenters. The van der Waals surface area contributed by atoms with E-state index in [0.29, 0.717) is 28.4 Å². The van der Waals surface area contributed by atoms with Gasteiger partial charge in [-0.05, 0) is 24.6 Å². The predicted octanol–water partition coefficient (Wildman–Crippen LogP) is 2.88. The van der Waals surface area contributed by atoms with Crippen molar-refractivity contribution in [3.8, 4) is 11.5 Å². The first-order valence-corrected chi connectivity index (χ1v) is 8.90. The molecule has 0 aliphatic carbocycles. The molecule has 0 radical (unpaired) electrons. The third-order valence-corrected chi connectivity index (χ3v) is 4.59. The van der Waals surface area contributed by atoms with Crippen molar-refractivity contribution in [1.82, 2.24) is 10.6 Å². The van der Waals surface area contributed by atoms with Gasteiger partial charge in [0.1, 0.15) is 11.5 Å². The Labute approximate surface area is 172 Å². The van der Waals surface area contributed by atoms with Crippen molar-refractivity contribution >= 4 is 23.3 Å². The zero-order valence-electron chi connectivity index (χ0n) is 16.5. The summed E-state index contributed by atoms with van der Waals surface area (Å²) >= 11 is 0. The predicted molar refractivity (Wildman–Crippen MR) is 108 cm³/mol. The van der Waals surface area contributed by atoms with E-state index in [1.807, 2.05) is 0 Å². The molecule has 0 fully saturated rings. The van der Waals surface area contributed by atoms with Crippen LogP contribution < -0.4 is 25.4 Å². The zero-order valence-corrected chi connectivity index (χ0v) is 16.5. The minimum absolute atomic E-state index is 0.144. The van der Waals surface area contributed by atoms with Crippen molar-refractivity contribution in [2.45, 2.75) is 13.0 Å². The van der Waals surface area contributed by atoms with Gasteiger partial charge in [-0.25, -0.2) is 4.79 Å². The fourth-order valence-electron chi connectivity index (χ4n) is 3.15. The first-order chi connectivity index (χ1) is 14.3. The number of hydrogen-bond acceptors (Lipinski definition) is 6. The van der Waals surface area contributed by atoms with Crippen LogP contribution in [-0.4, -0.2) is 31.1 Å². The summed E-state index contributed by atoms with van der Waals surface area (Å²) in [5, 5.41) is 19.1. The number of non-ortho nitro benzene ring substituents is 1. The first-order valence-electron chi connectivity index (χ1n) is 8.90. The molecule has 1 aliphatic rings. The summed E-state index contributed by atoms with van der Waals surface area (Å²) in [6.07, 6.45) is 0. The Morgan fingerprint density at radius 3 is 2.60 bits per heavy atom. The van der Waals surface area contributed by atoms with E-state index in [4.69, 9.17) is 9.47 Å². The fraction of sp³-hybridized carbons (Fsp3) is 0.200. The molecule has 156 valence electrons. The number of nitro groups is 1. The van der Waals surface area contributed by atoms with Crippen molar-refractivity contribution in [3.05, 3.63) is 69.4 Å². The summed E-state index contributed by atoms with van der Waals surface area (Å²) in [6, 6.07) is 9.30. The number of benzene rings is 2. The number of nitrogens with one attached hydrogen (secondary N) is 3. The van der Waals surface area contributed by atoms with Crippen LogP contribution in [0.25, 0.3) is 0 Å². The Hall–Kier alpha value is -4.08. The van der Waals surface area contributed by atoms with E-state index in [9.17, 15) is 19.7 Å². The molecular weight excluding hydrogens is 392 g/mol. The van der Waals surface area contributed by atoms with Gasteiger partial charge in [0.05, 0.1) is 36.4 Å². The second-order valence-electron chi connectivity index (χ2n) is 6.44. The summed E-state index contributed by atoms with van der Waals surface area (Å²) in [5.74, 6) is 0.446. The largest absolute Gasteiger partial charge is 0.497 e. The summed E-state index contributed by atoms with van der Waals surface area (Å²) in [4.78, 5) is 35.7. The molecule has 0 spiro atoms. The lowest BCUT2D eigenvalue weighted by atomic mass is 9.94. The normalized spacial score (nSPS) is 15.7. The lowest BCUT2D eigenvalue weighted by Crippen LogP contribution is -2.46. The van der Waals surface area contributed by atoms with Crippen LogP contribution in [0.3, 0.4) is 0 Å². The number of urea groups is 1. The number of carbonyl (C=O) groups is 2. The molecule has 0 saturated heterocycles. The van der Waals surface area contributed by atoms with Crippen LogP contribution in [0.2, 0.25) is 0 Å². The van der Waals surface area contributed by atoms with Gasteiger partial charge in [0.15, 0.2) is 0 Å². The summed E-state index contributed by atoms with van der Waals surface area (Å²) < 4.78 is 10.5. The van der Waals surface area contributed by atoms with Gasteiger partial charge in [-0.1, -0.05) is 12.1 Å². The van der Waals surface area contributed by atoms with Crippen LogP contribution in [0.4, 0.5) is 16.2 Å². The molecule has 3 N–H and O–H groups in total. The molecule has 10 heteroatoms. The molecule has 1 heterocycles. The number of nitrogens with zero attached hydrogens (tertiary/aromatic N) is 1. The smallest absolute Gasteiger partial charge is 0.319 e.